The highest BCUT2D eigenvalue weighted by molar-refractivity contribution is 5.78. The van der Waals surface area contributed by atoms with Crippen molar-refractivity contribution < 1.29 is 13.9 Å². The van der Waals surface area contributed by atoms with E-state index in [4.69, 9.17) is 4.74 Å². The molecular weight excluding hydrogens is 349 g/mol. The molecule has 0 bridgehead atoms. The first kappa shape index (κ1) is 18.7. The molecule has 0 aliphatic heterocycles. The zero-order valence-electron chi connectivity index (χ0n) is 14.7. The van der Waals surface area contributed by atoms with Gasteiger partial charge in [-0.05, 0) is 24.1 Å². The van der Waals surface area contributed by atoms with E-state index in [0.717, 1.165) is 5.56 Å². The van der Waals surface area contributed by atoms with Crippen molar-refractivity contribution in [2.75, 3.05) is 13.2 Å². The van der Waals surface area contributed by atoms with E-state index < -0.39 is 5.82 Å². The van der Waals surface area contributed by atoms with E-state index in [1.807, 2.05) is 30.3 Å². The van der Waals surface area contributed by atoms with Gasteiger partial charge in [0, 0.05) is 19.2 Å². The zero-order chi connectivity index (χ0) is 19.1. The lowest BCUT2D eigenvalue weighted by atomic mass is 10.2. The first-order valence-electron chi connectivity index (χ1n) is 8.66. The molecule has 0 atom stereocenters. The number of aromatic nitrogens is 2. The van der Waals surface area contributed by atoms with Gasteiger partial charge in [0.2, 0.25) is 5.91 Å². The van der Waals surface area contributed by atoms with Crippen molar-refractivity contribution in [3.05, 3.63) is 76.6 Å². The lowest BCUT2D eigenvalue weighted by molar-refractivity contribution is -0.121. The Hall–Kier alpha value is -3.06. The Balaban J connectivity index is 1.43. The lowest BCUT2D eigenvalue weighted by Gasteiger charge is -2.08. The van der Waals surface area contributed by atoms with Gasteiger partial charge in [-0.1, -0.05) is 30.3 Å². The van der Waals surface area contributed by atoms with Crippen LogP contribution < -0.4 is 10.9 Å². The van der Waals surface area contributed by atoms with Crippen LogP contribution in [0.3, 0.4) is 0 Å². The molecule has 1 heterocycles. The Kier molecular flexibility index (Phi) is 6.27. The topological polar surface area (TPSA) is 73.2 Å². The number of halogens is 1. The van der Waals surface area contributed by atoms with Crippen molar-refractivity contribution in [2.45, 2.75) is 19.6 Å². The van der Waals surface area contributed by atoms with Gasteiger partial charge < -0.3 is 10.1 Å². The fourth-order valence-electron chi connectivity index (χ4n) is 2.62. The highest BCUT2D eigenvalue weighted by Crippen LogP contribution is 2.08. The molecule has 0 radical (unpaired) electrons. The highest BCUT2D eigenvalue weighted by Gasteiger charge is 2.08. The molecule has 0 saturated heterocycles. The predicted octanol–water partition coefficient (Wildman–Crippen LogP) is 2.26. The van der Waals surface area contributed by atoms with E-state index in [1.54, 1.807) is 0 Å². The fraction of sp³-hybridized carbons (Fsp3) is 0.250. The molecule has 1 aromatic heterocycles. The molecule has 0 unspecified atom stereocenters. The summed E-state index contributed by atoms with van der Waals surface area (Å²) in [5, 5.41) is 3.03. The Labute approximate surface area is 155 Å². The summed E-state index contributed by atoms with van der Waals surface area (Å²) in [4.78, 5) is 28.4. The second-order valence-corrected chi connectivity index (χ2v) is 6.08. The van der Waals surface area contributed by atoms with Gasteiger partial charge in [0.1, 0.15) is 12.4 Å². The van der Waals surface area contributed by atoms with Crippen molar-refractivity contribution >= 4 is 16.8 Å². The fourth-order valence-corrected chi connectivity index (χ4v) is 2.62. The van der Waals surface area contributed by atoms with Gasteiger partial charge in [-0.15, -0.1) is 0 Å². The smallest absolute Gasteiger partial charge is 0.261 e. The van der Waals surface area contributed by atoms with Crippen LogP contribution in [0.4, 0.5) is 4.39 Å². The molecule has 2 aromatic carbocycles. The first-order chi connectivity index (χ1) is 13.1. The van der Waals surface area contributed by atoms with Gasteiger partial charge in [0.15, 0.2) is 0 Å². The normalized spacial score (nSPS) is 10.9. The summed E-state index contributed by atoms with van der Waals surface area (Å²) in [6.45, 7) is 1.38. The molecule has 0 aliphatic rings. The molecule has 140 valence electrons. The standard InChI is InChI=1S/C20H20FN3O3/c21-16-7-8-17-18(11-16)23-14-24(20(17)26)12-19(25)22-9-4-10-27-13-15-5-2-1-3-6-15/h1-3,5-8,11,14H,4,9-10,12-13H2,(H,22,25). The van der Waals surface area contributed by atoms with Crippen LogP contribution in [0.15, 0.2) is 59.7 Å². The molecule has 1 N–H and O–H groups in total. The number of rotatable bonds is 8. The van der Waals surface area contributed by atoms with Crippen LogP contribution in [-0.2, 0) is 22.7 Å². The molecule has 3 aromatic rings. The van der Waals surface area contributed by atoms with Crippen molar-refractivity contribution in [1.82, 2.24) is 14.9 Å². The number of hydrogen-bond acceptors (Lipinski definition) is 4. The molecule has 0 saturated carbocycles. The van der Waals surface area contributed by atoms with E-state index in [2.05, 4.69) is 10.3 Å². The van der Waals surface area contributed by atoms with Gasteiger partial charge >= 0.3 is 0 Å². The number of carbonyl (C=O) groups excluding carboxylic acids is 1. The van der Waals surface area contributed by atoms with Crippen LogP contribution in [0.25, 0.3) is 10.9 Å². The van der Waals surface area contributed by atoms with Crippen molar-refractivity contribution in [1.29, 1.82) is 0 Å². The zero-order valence-corrected chi connectivity index (χ0v) is 14.7. The largest absolute Gasteiger partial charge is 0.377 e. The number of amides is 1. The maximum absolute atomic E-state index is 13.2. The minimum atomic E-state index is -0.459. The summed E-state index contributed by atoms with van der Waals surface area (Å²) < 4.78 is 19.9. The summed E-state index contributed by atoms with van der Waals surface area (Å²) in [6, 6.07) is 13.6. The molecule has 0 fully saturated rings. The van der Waals surface area contributed by atoms with Crippen molar-refractivity contribution in [2.24, 2.45) is 0 Å². The number of fused-ring (bicyclic) bond motifs is 1. The minimum Gasteiger partial charge on any atom is -0.377 e. The summed E-state index contributed by atoms with van der Waals surface area (Å²) in [7, 11) is 0. The molecule has 0 spiro atoms. The van der Waals surface area contributed by atoms with Gasteiger partial charge in [0.05, 0.1) is 23.8 Å². The Morgan fingerprint density at radius 3 is 2.81 bits per heavy atom. The number of nitrogens with one attached hydrogen (secondary N) is 1. The summed E-state index contributed by atoms with van der Waals surface area (Å²) in [5.74, 6) is -0.747. The van der Waals surface area contributed by atoms with Crippen molar-refractivity contribution in [3.8, 4) is 0 Å². The Bertz CT molecular complexity index is 973. The van der Waals surface area contributed by atoms with E-state index in [1.165, 1.54) is 29.1 Å². The van der Waals surface area contributed by atoms with Crippen LogP contribution in [-0.4, -0.2) is 28.6 Å². The van der Waals surface area contributed by atoms with Crippen LogP contribution >= 0.6 is 0 Å². The van der Waals surface area contributed by atoms with E-state index >= 15 is 0 Å². The molecule has 6 nitrogen and oxygen atoms in total. The Morgan fingerprint density at radius 2 is 2.00 bits per heavy atom. The molecule has 1 amide bonds. The third kappa shape index (κ3) is 5.21. The number of ether oxygens (including phenoxy) is 1. The second-order valence-electron chi connectivity index (χ2n) is 6.08. The van der Waals surface area contributed by atoms with Crippen LogP contribution in [0.2, 0.25) is 0 Å². The van der Waals surface area contributed by atoms with E-state index in [9.17, 15) is 14.0 Å². The van der Waals surface area contributed by atoms with Gasteiger partial charge in [-0.3, -0.25) is 14.2 Å². The summed E-state index contributed by atoms with van der Waals surface area (Å²) in [6.07, 6.45) is 1.93. The van der Waals surface area contributed by atoms with Gasteiger partial charge in [-0.2, -0.15) is 0 Å². The first-order valence-corrected chi connectivity index (χ1v) is 8.66. The average molecular weight is 369 g/mol. The third-order valence-corrected chi connectivity index (χ3v) is 4.00. The molecule has 27 heavy (non-hydrogen) atoms. The van der Waals surface area contributed by atoms with Gasteiger partial charge in [-0.25, -0.2) is 9.37 Å². The maximum Gasteiger partial charge on any atom is 0.261 e. The van der Waals surface area contributed by atoms with Crippen molar-refractivity contribution in [3.63, 3.8) is 0 Å². The SMILES string of the molecule is O=C(Cn1cnc2cc(F)ccc2c1=O)NCCCOCc1ccccc1. The molecule has 7 heteroatoms. The number of hydrogen-bond donors (Lipinski definition) is 1. The molecular formula is C20H20FN3O3. The Morgan fingerprint density at radius 1 is 1.19 bits per heavy atom. The van der Waals surface area contributed by atoms with Crippen LogP contribution in [0, 0.1) is 5.82 Å². The number of nitrogens with zero attached hydrogens (tertiary/aromatic N) is 2. The molecule has 0 aliphatic carbocycles. The maximum atomic E-state index is 13.2. The van der Waals surface area contributed by atoms with E-state index in [0.29, 0.717) is 26.2 Å². The number of benzene rings is 2. The van der Waals surface area contributed by atoms with Crippen LogP contribution in [0.5, 0.6) is 0 Å². The van der Waals surface area contributed by atoms with E-state index in [-0.39, 0.29) is 28.9 Å². The summed E-state index contributed by atoms with van der Waals surface area (Å²) in [5.41, 5.74) is 0.998. The lowest BCUT2D eigenvalue weighted by Crippen LogP contribution is -2.33. The average Bonchev–Trinajstić information content (AvgIpc) is 2.67. The highest BCUT2D eigenvalue weighted by atomic mass is 19.1. The summed E-state index contributed by atoms with van der Waals surface area (Å²) >= 11 is 0. The minimum absolute atomic E-state index is 0.135. The predicted molar refractivity (Wildman–Crippen MR) is 99.7 cm³/mol. The molecule has 3 rings (SSSR count). The quantitative estimate of drug-likeness (QED) is 0.618. The monoisotopic (exact) mass is 369 g/mol. The van der Waals surface area contributed by atoms with Gasteiger partial charge in [0.25, 0.3) is 5.56 Å². The third-order valence-electron chi connectivity index (χ3n) is 4.00. The number of carbonyl (C=O) groups is 1. The van der Waals surface area contributed by atoms with Crippen LogP contribution in [0.1, 0.15) is 12.0 Å². The second kappa shape index (κ2) is 9.05.